The van der Waals surface area contributed by atoms with Crippen molar-refractivity contribution in [3.63, 3.8) is 0 Å². The molecule has 116 valence electrons. The number of unbranched alkanes of at least 4 members (excludes halogenated alkanes) is 1. The second-order valence-electron chi connectivity index (χ2n) is 4.72. The van der Waals surface area contributed by atoms with Gasteiger partial charge in [0, 0.05) is 6.54 Å². The predicted molar refractivity (Wildman–Crippen MR) is 76.5 cm³/mol. The number of aliphatic carboxylic acids is 1. The summed E-state index contributed by atoms with van der Waals surface area (Å²) in [5.74, 6) is -1.23. The topological polar surface area (TPSA) is 96.2 Å². The van der Waals surface area contributed by atoms with E-state index >= 15 is 0 Å². The Kier molecular flexibility index (Phi) is 16.9. The van der Waals surface area contributed by atoms with Crippen molar-refractivity contribution in [2.45, 2.75) is 45.6 Å². The van der Waals surface area contributed by atoms with Crippen molar-refractivity contribution in [2.24, 2.45) is 4.99 Å². The minimum absolute atomic E-state index is 0. The Morgan fingerprint density at radius 3 is 2.62 bits per heavy atom. The maximum Gasteiger partial charge on any atom is 1.00 e. The van der Waals surface area contributed by atoms with Crippen LogP contribution in [0.2, 0.25) is 0 Å². The van der Waals surface area contributed by atoms with Crippen molar-refractivity contribution in [3.05, 3.63) is 12.2 Å². The summed E-state index contributed by atoms with van der Waals surface area (Å²) in [7, 11) is 0. The third-order valence-electron chi connectivity index (χ3n) is 2.49. The number of aliphatic imine (C=N–C) groups is 1. The summed E-state index contributed by atoms with van der Waals surface area (Å²) in [6.07, 6.45) is 6.39. The quantitative estimate of drug-likeness (QED) is 0.145. The number of rotatable bonds is 11. The molecular formula is C14H25KN2O4. The van der Waals surface area contributed by atoms with Crippen LogP contribution in [0.15, 0.2) is 17.1 Å². The molecule has 0 amide bonds. The van der Waals surface area contributed by atoms with E-state index in [-0.39, 0.29) is 77.0 Å². The minimum atomic E-state index is -1.00. The molecule has 0 aromatic heterocycles. The maximum atomic E-state index is 11.5. The fourth-order valence-electron chi connectivity index (χ4n) is 1.65. The predicted octanol–water partition coefficient (Wildman–Crippen LogP) is -2.39. The first-order valence-electron chi connectivity index (χ1n) is 6.93. The number of allylic oxidation sites excluding steroid dienone is 2. The molecule has 0 radical (unpaired) electrons. The Morgan fingerprint density at radius 1 is 1.43 bits per heavy atom. The first-order chi connectivity index (χ1) is 9.45. The van der Waals surface area contributed by atoms with Crippen LogP contribution in [-0.2, 0) is 4.79 Å². The van der Waals surface area contributed by atoms with E-state index in [0.717, 1.165) is 19.3 Å². The van der Waals surface area contributed by atoms with Crippen molar-refractivity contribution in [1.29, 1.82) is 0 Å². The van der Waals surface area contributed by atoms with E-state index < -0.39 is 12.1 Å². The summed E-state index contributed by atoms with van der Waals surface area (Å²) >= 11 is 0. The summed E-state index contributed by atoms with van der Waals surface area (Å²) in [6, 6.07) is 0. The molecule has 0 heterocycles. The normalized spacial score (nSPS) is 13.4. The number of carboxylic acid groups (broad SMARTS) is 1. The molecule has 0 aromatic rings. The largest absolute Gasteiger partial charge is 1.00 e. The number of nitrogens with zero attached hydrogens (tertiary/aromatic N) is 2. The zero-order valence-electron chi connectivity index (χ0n) is 13.3. The van der Waals surface area contributed by atoms with Crippen LogP contribution in [-0.4, -0.2) is 52.8 Å². The van der Waals surface area contributed by atoms with E-state index in [0.29, 0.717) is 6.42 Å². The van der Waals surface area contributed by atoms with Gasteiger partial charge in [-0.1, -0.05) is 19.1 Å². The van der Waals surface area contributed by atoms with Gasteiger partial charge < -0.3 is 15.3 Å². The molecule has 0 aromatic carbocycles. The fourth-order valence-corrected chi connectivity index (χ4v) is 1.65. The van der Waals surface area contributed by atoms with Crippen LogP contribution in [0.25, 0.3) is 0 Å². The van der Waals surface area contributed by atoms with Gasteiger partial charge in [-0.3, -0.25) is 14.7 Å². The zero-order chi connectivity index (χ0) is 15.4. The van der Waals surface area contributed by atoms with Crippen LogP contribution in [0.3, 0.4) is 0 Å². The summed E-state index contributed by atoms with van der Waals surface area (Å²) in [6.45, 7) is 3.58. The van der Waals surface area contributed by atoms with E-state index in [1.165, 1.54) is 4.90 Å². The van der Waals surface area contributed by atoms with E-state index in [4.69, 9.17) is 5.11 Å². The molecule has 0 saturated heterocycles. The van der Waals surface area contributed by atoms with Gasteiger partial charge in [-0.2, -0.15) is 0 Å². The van der Waals surface area contributed by atoms with Gasteiger partial charge in [-0.25, -0.2) is 0 Å². The molecule has 0 rings (SSSR count). The van der Waals surface area contributed by atoms with Crippen LogP contribution < -0.4 is 56.5 Å². The Balaban J connectivity index is 0. The van der Waals surface area contributed by atoms with Gasteiger partial charge >= 0.3 is 57.4 Å². The summed E-state index contributed by atoms with van der Waals surface area (Å²) in [4.78, 5) is 15.9. The standard InChI is InChI=1S/C14H26N2O4.K/c1-3-4-5-6-7-8-13(18)15-11-16(9-12(2)17)10-14(19)20;/h4-5,12,17H,3,6-11H2,1-2H3,(H,15,18)(H,19,20);/q;+1/p-1/b5-4+;. The molecule has 0 bridgehead atoms. The van der Waals surface area contributed by atoms with Gasteiger partial charge in [0.1, 0.15) is 0 Å². The van der Waals surface area contributed by atoms with Gasteiger partial charge in [0.25, 0.3) is 0 Å². The Hall–Kier alpha value is 0.236. The number of carboxylic acids is 1. The van der Waals surface area contributed by atoms with Crippen LogP contribution >= 0.6 is 0 Å². The molecule has 0 saturated carbocycles. The average Bonchev–Trinajstić information content (AvgIpc) is 2.34. The van der Waals surface area contributed by atoms with Crippen molar-refractivity contribution >= 4 is 11.9 Å². The number of hydrogen-bond acceptors (Lipinski definition) is 5. The molecular weight excluding hydrogens is 299 g/mol. The van der Waals surface area contributed by atoms with E-state index in [1.54, 1.807) is 6.92 Å². The molecule has 6 nitrogen and oxygen atoms in total. The second kappa shape index (κ2) is 15.1. The summed E-state index contributed by atoms with van der Waals surface area (Å²) < 4.78 is 0. The fraction of sp³-hybridized carbons (Fsp3) is 0.714. The maximum absolute atomic E-state index is 11.5. The SMILES string of the molecule is CC/C=C/CCCC([O-])=NCN(CC(=O)O)CC(C)O.[K+]. The molecule has 1 atom stereocenters. The van der Waals surface area contributed by atoms with E-state index in [2.05, 4.69) is 18.0 Å². The third-order valence-corrected chi connectivity index (χ3v) is 2.49. The molecule has 0 spiro atoms. The van der Waals surface area contributed by atoms with E-state index in [1.807, 2.05) is 6.08 Å². The molecule has 2 N–H and O–H groups in total. The first kappa shape index (κ1) is 23.5. The van der Waals surface area contributed by atoms with Gasteiger partial charge in [0.05, 0.1) is 19.3 Å². The number of aliphatic hydroxyl groups excluding tert-OH is 1. The minimum Gasteiger partial charge on any atom is -0.862 e. The monoisotopic (exact) mass is 324 g/mol. The molecule has 7 heteroatoms. The average molecular weight is 324 g/mol. The number of hydrogen-bond donors (Lipinski definition) is 2. The second-order valence-corrected chi connectivity index (χ2v) is 4.72. The first-order valence-corrected chi connectivity index (χ1v) is 6.93. The Morgan fingerprint density at radius 2 is 2.10 bits per heavy atom. The zero-order valence-corrected chi connectivity index (χ0v) is 16.4. The van der Waals surface area contributed by atoms with Crippen molar-refractivity contribution < 1.29 is 71.5 Å². The molecule has 21 heavy (non-hydrogen) atoms. The third kappa shape index (κ3) is 16.4. The van der Waals surface area contributed by atoms with E-state index in [9.17, 15) is 15.0 Å². The Labute approximate surface area is 169 Å². The molecule has 0 aliphatic rings. The van der Waals surface area contributed by atoms with Crippen LogP contribution in [0.1, 0.15) is 39.5 Å². The van der Waals surface area contributed by atoms with Crippen LogP contribution in [0, 0.1) is 0 Å². The van der Waals surface area contributed by atoms with Crippen LogP contribution in [0.5, 0.6) is 0 Å². The molecule has 0 aliphatic carbocycles. The molecule has 0 fully saturated rings. The smallest absolute Gasteiger partial charge is 0.862 e. The van der Waals surface area contributed by atoms with Crippen molar-refractivity contribution in [2.75, 3.05) is 19.8 Å². The van der Waals surface area contributed by atoms with Crippen LogP contribution in [0.4, 0.5) is 0 Å². The van der Waals surface area contributed by atoms with Gasteiger partial charge in [-0.05, 0) is 38.5 Å². The van der Waals surface area contributed by atoms with Gasteiger partial charge in [0.15, 0.2) is 0 Å². The van der Waals surface area contributed by atoms with Crippen molar-refractivity contribution in [1.82, 2.24) is 4.90 Å². The number of aliphatic hydroxyl groups is 1. The number of carbonyl (C=O) groups is 1. The molecule has 0 aliphatic heterocycles. The summed E-state index contributed by atoms with van der Waals surface area (Å²) in [5, 5.41) is 29.5. The van der Waals surface area contributed by atoms with Gasteiger partial charge in [0.2, 0.25) is 0 Å². The summed E-state index contributed by atoms with van der Waals surface area (Å²) in [5.41, 5.74) is 0. The van der Waals surface area contributed by atoms with Crippen molar-refractivity contribution in [3.8, 4) is 0 Å². The van der Waals surface area contributed by atoms with Gasteiger partial charge in [-0.15, -0.1) is 0 Å². The molecule has 1 unspecified atom stereocenters. The Bertz CT molecular complexity index is 333.